The Morgan fingerprint density at radius 1 is 1.32 bits per heavy atom. The van der Waals surface area contributed by atoms with Gasteiger partial charge in [-0.2, -0.15) is 0 Å². The largest absolute Gasteiger partial charge is 0.481 e. The molecule has 0 radical (unpaired) electrons. The van der Waals surface area contributed by atoms with E-state index in [1.165, 1.54) is 22.3 Å². The van der Waals surface area contributed by atoms with Gasteiger partial charge in [0.05, 0.1) is 5.92 Å². The van der Waals surface area contributed by atoms with Crippen molar-refractivity contribution >= 4 is 12.2 Å². The van der Waals surface area contributed by atoms with E-state index < -0.39 is 11.9 Å². The fourth-order valence-electron chi connectivity index (χ4n) is 3.10. The predicted molar refractivity (Wildman–Crippen MR) is 105 cm³/mol. The topological polar surface area (TPSA) is 75.7 Å². The molecule has 1 rings (SSSR count). The number of benzene rings is 1. The number of carboxylic acids is 1. The summed E-state index contributed by atoms with van der Waals surface area (Å²) in [5.74, 6) is -1.18. The zero-order valence-corrected chi connectivity index (χ0v) is 16.0. The molecule has 0 saturated carbocycles. The van der Waals surface area contributed by atoms with Gasteiger partial charge in [0.25, 0.3) is 0 Å². The number of aliphatic imine (C=N–C) groups is 1. The maximum Gasteiger partial charge on any atom is 0.306 e. The fourth-order valence-corrected chi connectivity index (χ4v) is 3.10. The quantitative estimate of drug-likeness (QED) is 0.616. The van der Waals surface area contributed by atoms with E-state index in [-0.39, 0.29) is 0 Å². The Bertz CT molecular complexity index is 613. The third kappa shape index (κ3) is 6.83. The maximum atomic E-state index is 11.5. The molecular formula is C21H32N2O2. The highest BCUT2D eigenvalue weighted by Gasteiger charge is 2.19. The van der Waals surface area contributed by atoms with E-state index in [1.807, 2.05) is 6.92 Å². The van der Waals surface area contributed by atoms with Gasteiger partial charge in [0.2, 0.25) is 0 Å². The molecule has 1 unspecified atom stereocenters. The van der Waals surface area contributed by atoms with Crippen LogP contribution in [0.2, 0.25) is 0 Å². The molecule has 25 heavy (non-hydrogen) atoms. The molecule has 138 valence electrons. The Morgan fingerprint density at radius 2 is 1.96 bits per heavy atom. The summed E-state index contributed by atoms with van der Waals surface area (Å²) < 4.78 is 0. The second-order valence-electron chi connectivity index (χ2n) is 6.65. The second-order valence-corrected chi connectivity index (χ2v) is 6.65. The van der Waals surface area contributed by atoms with E-state index >= 15 is 0 Å². The van der Waals surface area contributed by atoms with E-state index in [1.54, 1.807) is 6.21 Å². The van der Waals surface area contributed by atoms with Crippen LogP contribution in [0.4, 0.5) is 0 Å². The van der Waals surface area contributed by atoms with Crippen LogP contribution in [-0.2, 0) is 11.2 Å². The van der Waals surface area contributed by atoms with Gasteiger partial charge in [0.15, 0.2) is 0 Å². The monoisotopic (exact) mass is 344 g/mol. The van der Waals surface area contributed by atoms with Crippen molar-refractivity contribution in [2.45, 2.75) is 59.8 Å². The van der Waals surface area contributed by atoms with Crippen molar-refractivity contribution in [1.29, 1.82) is 0 Å². The third-order valence-electron chi connectivity index (χ3n) is 4.72. The van der Waals surface area contributed by atoms with Crippen molar-refractivity contribution in [3.8, 4) is 0 Å². The number of nitrogens with zero attached hydrogens (tertiary/aromatic N) is 1. The molecule has 4 nitrogen and oxygen atoms in total. The van der Waals surface area contributed by atoms with Crippen LogP contribution in [0, 0.1) is 19.8 Å². The number of hydrogen-bond acceptors (Lipinski definition) is 3. The highest BCUT2D eigenvalue weighted by Crippen LogP contribution is 2.25. The van der Waals surface area contributed by atoms with E-state index in [0.717, 1.165) is 25.0 Å². The Labute approximate surface area is 151 Å². The van der Waals surface area contributed by atoms with Crippen LogP contribution in [0.1, 0.15) is 56.2 Å². The molecule has 3 N–H and O–H groups in total. The van der Waals surface area contributed by atoms with Crippen LogP contribution in [0.15, 0.2) is 34.5 Å². The lowest BCUT2D eigenvalue weighted by Gasteiger charge is -2.15. The summed E-state index contributed by atoms with van der Waals surface area (Å²) in [6, 6.07) is 6.36. The fraction of sp³-hybridized carbons (Fsp3) is 0.524. The molecule has 0 aliphatic rings. The summed E-state index contributed by atoms with van der Waals surface area (Å²) in [5.41, 5.74) is 11.6. The van der Waals surface area contributed by atoms with Crippen molar-refractivity contribution in [2.75, 3.05) is 6.54 Å². The predicted octanol–water partition coefficient (Wildman–Crippen LogP) is 4.43. The number of nitrogens with two attached hydrogens (primary N) is 1. The molecule has 0 spiro atoms. The summed E-state index contributed by atoms with van der Waals surface area (Å²) >= 11 is 0. The Morgan fingerprint density at radius 3 is 2.48 bits per heavy atom. The van der Waals surface area contributed by atoms with E-state index in [2.05, 4.69) is 44.0 Å². The number of aliphatic carboxylic acids is 1. The Hall–Kier alpha value is -1.94. The minimum atomic E-state index is -0.764. The first kappa shape index (κ1) is 21.1. The zero-order valence-electron chi connectivity index (χ0n) is 16.0. The van der Waals surface area contributed by atoms with Crippen molar-refractivity contribution in [1.82, 2.24) is 0 Å². The van der Waals surface area contributed by atoms with Crippen LogP contribution in [-0.4, -0.2) is 23.8 Å². The van der Waals surface area contributed by atoms with E-state index in [4.69, 9.17) is 5.73 Å². The second kappa shape index (κ2) is 10.8. The van der Waals surface area contributed by atoms with E-state index in [9.17, 15) is 9.90 Å². The number of carbonyl (C=O) groups is 1. The van der Waals surface area contributed by atoms with Gasteiger partial charge in [-0.3, -0.25) is 9.79 Å². The van der Waals surface area contributed by atoms with Crippen molar-refractivity contribution in [3.05, 3.63) is 46.2 Å². The number of aryl methyl sites for hydroxylation is 2. The summed E-state index contributed by atoms with van der Waals surface area (Å²) in [6.45, 7) is 8.73. The van der Waals surface area contributed by atoms with Gasteiger partial charge in [-0.25, -0.2) is 0 Å². The summed E-state index contributed by atoms with van der Waals surface area (Å²) in [6.07, 6.45) is 5.38. The molecule has 0 amide bonds. The molecule has 0 aromatic heterocycles. The Balaban J connectivity index is 2.91. The number of allylic oxidation sites excluding steroid dienone is 2. The van der Waals surface area contributed by atoms with Gasteiger partial charge >= 0.3 is 5.97 Å². The van der Waals surface area contributed by atoms with Gasteiger partial charge < -0.3 is 10.8 Å². The average Bonchev–Trinajstić information content (AvgIpc) is 2.56. The molecule has 0 aliphatic carbocycles. The van der Waals surface area contributed by atoms with Gasteiger partial charge in [-0.1, -0.05) is 23.8 Å². The first-order valence-electron chi connectivity index (χ1n) is 9.05. The van der Waals surface area contributed by atoms with Crippen LogP contribution < -0.4 is 5.73 Å². The van der Waals surface area contributed by atoms with E-state index in [0.29, 0.717) is 19.4 Å². The minimum absolute atomic E-state index is 0.419. The van der Waals surface area contributed by atoms with Crippen molar-refractivity contribution in [3.63, 3.8) is 0 Å². The van der Waals surface area contributed by atoms with Crippen LogP contribution in [0.3, 0.4) is 0 Å². The third-order valence-corrected chi connectivity index (χ3v) is 4.72. The minimum Gasteiger partial charge on any atom is -0.481 e. The van der Waals surface area contributed by atoms with Gasteiger partial charge in [-0.05, 0) is 76.6 Å². The molecule has 0 heterocycles. The van der Waals surface area contributed by atoms with Crippen LogP contribution >= 0.6 is 0 Å². The molecule has 1 aromatic carbocycles. The lowest BCUT2D eigenvalue weighted by molar-refractivity contribution is -0.141. The molecule has 4 heteroatoms. The molecule has 0 bridgehead atoms. The average molecular weight is 344 g/mol. The first-order chi connectivity index (χ1) is 11.9. The normalized spacial score (nSPS) is 13.8. The molecule has 0 saturated heterocycles. The molecule has 1 atom stereocenters. The van der Waals surface area contributed by atoms with Gasteiger partial charge in [0, 0.05) is 18.3 Å². The van der Waals surface area contributed by atoms with Crippen molar-refractivity contribution in [2.24, 2.45) is 16.6 Å². The SMILES string of the molecule is CC=N/C(CC(CCCN)C(=O)O)=C(\C)CCc1c(C)cccc1C. The molecular weight excluding hydrogens is 312 g/mol. The first-order valence-corrected chi connectivity index (χ1v) is 9.05. The van der Waals surface area contributed by atoms with Crippen LogP contribution in [0.25, 0.3) is 0 Å². The number of hydrogen-bond donors (Lipinski definition) is 2. The zero-order chi connectivity index (χ0) is 18.8. The lowest BCUT2D eigenvalue weighted by atomic mass is 9.93. The highest BCUT2D eigenvalue weighted by atomic mass is 16.4. The van der Waals surface area contributed by atoms with Crippen molar-refractivity contribution < 1.29 is 9.90 Å². The van der Waals surface area contributed by atoms with Gasteiger partial charge in [-0.15, -0.1) is 0 Å². The lowest BCUT2D eigenvalue weighted by Crippen LogP contribution is -2.16. The Kier molecular flexibility index (Phi) is 9.14. The van der Waals surface area contributed by atoms with Crippen LogP contribution in [0.5, 0.6) is 0 Å². The van der Waals surface area contributed by atoms with Gasteiger partial charge in [0.1, 0.15) is 0 Å². The number of rotatable bonds is 10. The maximum absolute atomic E-state index is 11.5. The highest BCUT2D eigenvalue weighted by molar-refractivity contribution is 5.70. The molecule has 1 aromatic rings. The summed E-state index contributed by atoms with van der Waals surface area (Å²) in [4.78, 5) is 16.0. The molecule has 0 aliphatic heterocycles. The summed E-state index contributed by atoms with van der Waals surface area (Å²) in [5, 5.41) is 9.46. The smallest absolute Gasteiger partial charge is 0.306 e. The number of carboxylic acid groups (broad SMARTS) is 1. The standard InChI is InChI=1S/C21H32N2O2/c1-5-23-20(14-18(21(24)25)10-7-13-22)17(4)11-12-19-15(2)8-6-9-16(19)3/h5-6,8-9,18H,7,10-14,22H2,1-4H3,(H,24,25)/b20-17+,23-5?. The molecule has 0 fully saturated rings. The summed E-state index contributed by atoms with van der Waals surface area (Å²) in [7, 11) is 0.